The number of hydrogen-bond acceptors (Lipinski definition) is 3. The van der Waals surface area contributed by atoms with E-state index in [0.717, 1.165) is 32.7 Å². The number of rotatable bonds is 5. The van der Waals surface area contributed by atoms with E-state index in [1.165, 1.54) is 16.8 Å². The fourth-order valence-corrected chi connectivity index (χ4v) is 2.41. The van der Waals surface area contributed by atoms with Gasteiger partial charge in [0.1, 0.15) is 0 Å². The van der Waals surface area contributed by atoms with Crippen LogP contribution in [-0.2, 0) is 16.0 Å². The van der Waals surface area contributed by atoms with Gasteiger partial charge in [-0.2, -0.15) is 0 Å². The average Bonchev–Trinajstić information content (AvgIpc) is 2.41. The second-order valence-corrected chi connectivity index (χ2v) is 4.98. The molecule has 0 spiro atoms. The predicted molar refractivity (Wildman–Crippen MR) is 74.8 cm³/mol. The molecule has 0 aliphatic carbocycles. The zero-order valence-electron chi connectivity index (χ0n) is 11.4. The number of carboxylic acids is 1. The van der Waals surface area contributed by atoms with Crippen LogP contribution in [0.3, 0.4) is 0 Å². The highest BCUT2D eigenvalue weighted by atomic mass is 16.5. The highest BCUT2D eigenvalue weighted by Gasteiger charge is 2.15. The van der Waals surface area contributed by atoms with Gasteiger partial charge < -0.3 is 14.7 Å². The van der Waals surface area contributed by atoms with Gasteiger partial charge in [0.2, 0.25) is 0 Å². The zero-order chi connectivity index (χ0) is 13.7. The van der Waals surface area contributed by atoms with E-state index in [0.29, 0.717) is 6.42 Å². The molecule has 4 nitrogen and oxygen atoms in total. The summed E-state index contributed by atoms with van der Waals surface area (Å²) in [5, 5.41) is 8.73. The molecule has 1 N–H and O–H groups in total. The smallest absolute Gasteiger partial charge is 0.303 e. The minimum atomic E-state index is -0.722. The zero-order valence-corrected chi connectivity index (χ0v) is 11.4. The highest BCUT2D eigenvalue weighted by Crippen LogP contribution is 2.24. The molecule has 104 valence electrons. The number of carboxylic acid groups (broad SMARTS) is 1. The van der Waals surface area contributed by atoms with Crippen LogP contribution < -0.4 is 4.90 Å². The van der Waals surface area contributed by atoms with Gasteiger partial charge in [0.25, 0.3) is 0 Å². The van der Waals surface area contributed by atoms with Gasteiger partial charge in [0, 0.05) is 25.2 Å². The summed E-state index contributed by atoms with van der Waals surface area (Å²) >= 11 is 0. The van der Waals surface area contributed by atoms with Crippen LogP contribution in [0.2, 0.25) is 0 Å². The molecule has 1 aromatic carbocycles. The number of aliphatic carboxylic acids is 1. The van der Waals surface area contributed by atoms with Crippen LogP contribution in [0, 0.1) is 6.92 Å². The van der Waals surface area contributed by atoms with Gasteiger partial charge >= 0.3 is 5.97 Å². The lowest BCUT2D eigenvalue weighted by Crippen LogP contribution is -2.36. The first kappa shape index (κ1) is 13.9. The molecule has 0 saturated carbocycles. The van der Waals surface area contributed by atoms with E-state index in [4.69, 9.17) is 9.84 Å². The Morgan fingerprint density at radius 2 is 2.11 bits per heavy atom. The first-order valence-electron chi connectivity index (χ1n) is 6.81. The van der Waals surface area contributed by atoms with Gasteiger partial charge in [-0.15, -0.1) is 0 Å². The van der Waals surface area contributed by atoms with Crippen molar-refractivity contribution >= 4 is 11.7 Å². The quantitative estimate of drug-likeness (QED) is 0.885. The fourth-order valence-electron chi connectivity index (χ4n) is 2.41. The van der Waals surface area contributed by atoms with Crippen molar-refractivity contribution in [3.63, 3.8) is 0 Å². The number of carbonyl (C=O) groups is 1. The van der Waals surface area contributed by atoms with Gasteiger partial charge in [-0.05, 0) is 37.0 Å². The van der Waals surface area contributed by atoms with E-state index < -0.39 is 5.97 Å². The molecule has 1 heterocycles. The lowest BCUT2D eigenvalue weighted by molar-refractivity contribution is -0.137. The third kappa shape index (κ3) is 3.96. The fraction of sp³-hybridized carbons (Fsp3) is 0.533. The number of morpholine rings is 1. The van der Waals surface area contributed by atoms with E-state index in [-0.39, 0.29) is 6.42 Å². The summed E-state index contributed by atoms with van der Waals surface area (Å²) < 4.78 is 5.38. The van der Waals surface area contributed by atoms with Crippen LogP contribution in [0.15, 0.2) is 18.2 Å². The molecule has 2 rings (SSSR count). The van der Waals surface area contributed by atoms with Crippen molar-refractivity contribution in [2.75, 3.05) is 31.2 Å². The summed E-state index contributed by atoms with van der Waals surface area (Å²) in [6.45, 7) is 5.45. The number of benzene rings is 1. The topological polar surface area (TPSA) is 49.8 Å². The van der Waals surface area contributed by atoms with Crippen molar-refractivity contribution < 1.29 is 14.6 Å². The monoisotopic (exact) mass is 263 g/mol. The van der Waals surface area contributed by atoms with E-state index in [1.807, 2.05) is 0 Å². The van der Waals surface area contributed by atoms with E-state index >= 15 is 0 Å². The van der Waals surface area contributed by atoms with Crippen molar-refractivity contribution in [1.82, 2.24) is 0 Å². The molecule has 0 atom stereocenters. The summed E-state index contributed by atoms with van der Waals surface area (Å²) in [4.78, 5) is 12.9. The van der Waals surface area contributed by atoms with Gasteiger partial charge in [-0.1, -0.05) is 12.1 Å². The Balaban J connectivity index is 2.10. The van der Waals surface area contributed by atoms with E-state index in [1.54, 1.807) is 0 Å². The van der Waals surface area contributed by atoms with E-state index in [2.05, 4.69) is 30.0 Å². The van der Waals surface area contributed by atoms with Crippen molar-refractivity contribution in [1.29, 1.82) is 0 Å². The maximum absolute atomic E-state index is 10.6. The molecule has 1 aliphatic rings. The van der Waals surface area contributed by atoms with Crippen LogP contribution in [0.25, 0.3) is 0 Å². The normalized spacial score (nSPS) is 15.5. The number of nitrogens with zero attached hydrogens (tertiary/aromatic N) is 1. The molecular formula is C15H21NO3. The summed E-state index contributed by atoms with van der Waals surface area (Å²) in [5.74, 6) is -0.722. The summed E-state index contributed by atoms with van der Waals surface area (Å²) in [7, 11) is 0. The van der Waals surface area contributed by atoms with Gasteiger partial charge in [-0.3, -0.25) is 4.79 Å². The molecule has 0 radical (unpaired) electrons. The molecule has 4 heteroatoms. The number of aryl methyl sites for hydroxylation is 2. The van der Waals surface area contributed by atoms with E-state index in [9.17, 15) is 4.79 Å². The average molecular weight is 263 g/mol. The van der Waals surface area contributed by atoms with Gasteiger partial charge in [0.15, 0.2) is 0 Å². The number of hydrogen-bond donors (Lipinski definition) is 1. The van der Waals surface area contributed by atoms with Crippen LogP contribution in [0.1, 0.15) is 24.0 Å². The maximum atomic E-state index is 10.6. The summed E-state index contributed by atoms with van der Waals surface area (Å²) in [5.41, 5.74) is 3.73. The molecule has 0 aromatic heterocycles. The summed E-state index contributed by atoms with van der Waals surface area (Å²) in [6, 6.07) is 6.42. The van der Waals surface area contributed by atoms with Gasteiger partial charge in [-0.25, -0.2) is 0 Å². The lowest BCUT2D eigenvalue weighted by Gasteiger charge is -2.31. The largest absolute Gasteiger partial charge is 0.481 e. The first-order chi connectivity index (χ1) is 9.16. The Morgan fingerprint density at radius 1 is 1.37 bits per heavy atom. The minimum Gasteiger partial charge on any atom is -0.481 e. The predicted octanol–water partition coefficient (Wildman–Crippen LogP) is 2.24. The van der Waals surface area contributed by atoms with Crippen LogP contribution in [0.4, 0.5) is 5.69 Å². The molecule has 1 aromatic rings. The van der Waals surface area contributed by atoms with Crippen LogP contribution in [0.5, 0.6) is 0 Å². The molecule has 0 bridgehead atoms. The Morgan fingerprint density at radius 3 is 2.79 bits per heavy atom. The van der Waals surface area contributed by atoms with Gasteiger partial charge in [0.05, 0.1) is 13.2 Å². The van der Waals surface area contributed by atoms with Crippen molar-refractivity contribution in [3.8, 4) is 0 Å². The Hall–Kier alpha value is -1.55. The molecule has 19 heavy (non-hydrogen) atoms. The SMILES string of the molecule is Cc1ccc(CCCC(=O)O)c(N2CCOCC2)c1. The molecule has 1 fully saturated rings. The highest BCUT2D eigenvalue weighted by molar-refractivity contribution is 5.66. The van der Waals surface area contributed by atoms with Crippen molar-refractivity contribution in [2.24, 2.45) is 0 Å². The molecular weight excluding hydrogens is 242 g/mol. The number of anilines is 1. The summed E-state index contributed by atoms with van der Waals surface area (Å²) in [6.07, 6.45) is 1.74. The minimum absolute atomic E-state index is 0.233. The Labute approximate surface area is 114 Å². The first-order valence-corrected chi connectivity index (χ1v) is 6.81. The lowest BCUT2D eigenvalue weighted by atomic mass is 10.0. The maximum Gasteiger partial charge on any atom is 0.303 e. The molecule has 1 saturated heterocycles. The second kappa shape index (κ2) is 6.57. The van der Waals surface area contributed by atoms with Crippen molar-refractivity contribution in [3.05, 3.63) is 29.3 Å². The number of ether oxygens (including phenoxy) is 1. The third-order valence-corrected chi connectivity index (χ3v) is 3.43. The molecule has 0 amide bonds. The standard InChI is InChI=1S/C15H21NO3/c1-12-5-6-13(3-2-4-15(17)18)14(11-12)16-7-9-19-10-8-16/h5-6,11H,2-4,7-10H2,1H3,(H,17,18). The van der Waals surface area contributed by atoms with Crippen molar-refractivity contribution in [2.45, 2.75) is 26.2 Å². The molecule has 0 unspecified atom stereocenters. The Bertz CT molecular complexity index is 439. The van der Waals surface area contributed by atoms with Crippen LogP contribution in [-0.4, -0.2) is 37.4 Å². The Kier molecular flexibility index (Phi) is 4.80. The molecule has 1 aliphatic heterocycles. The third-order valence-electron chi connectivity index (χ3n) is 3.43. The van der Waals surface area contributed by atoms with Crippen LogP contribution >= 0.6 is 0 Å². The second-order valence-electron chi connectivity index (χ2n) is 4.98.